The zero-order valence-corrected chi connectivity index (χ0v) is 12.1. The Morgan fingerprint density at radius 1 is 1.47 bits per heavy atom. The number of rotatable bonds is 6. The lowest BCUT2D eigenvalue weighted by Crippen LogP contribution is -2.28. The quantitative estimate of drug-likeness (QED) is 0.875. The minimum Gasteiger partial charge on any atom is -0.354 e. The van der Waals surface area contributed by atoms with Crippen LogP contribution in [0.2, 0.25) is 0 Å². The summed E-state index contributed by atoms with van der Waals surface area (Å²) < 4.78 is 1.06. The van der Waals surface area contributed by atoms with Gasteiger partial charge in [0, 0.05) is 35.4 Å². The number of aromatic nitrogens is 1. The van der Waals surface area contributed by atoms with Crippen LogP contribution in [0.25, 0.3) is 0 Å². The third kappa shape index (κ3) is 3.19. The normalized spacial score (nSPS) is 15.0. The molecule has 1 aliphatic rings. The number of nitrogens with one attached hydrogen (secondary N) is 1. The fourth-order valence-corrected chi connectivity index (χ4v) is 2.47. The molecule has 94 valence electrons. The third-order valence-corrected chi connectivity index (χ3v) is 3.51. The van der Waals surface area contributed by atoms with E-state index in [1.807, 2.05) is 6.20 Å². The molecule has 17 heavy (non-hydrogen) atoms. The number of pyridine rings is 1. The highest BCUT2D eigenvalue weighted by molar-refractivity contribution is 9.10. The Labute approximate surface area is 112 Å². The van der Waals surface area contributed by atoms with E-state index in [0.717, 1.165) is 29.9 Å². The van der Waals surface area contributed by atoms with Gasteiger partial charge in [0.1, 0.15) is 5.82 Å². The summed E-state index contributed by atoms with van der Waals surface area (Å²) in [4.78, 5) is 7.03. The average Bonchev–Trinajstić information content (AvgIpc) is 3.14. The first kappa shape index (κ1) is 12.8. The smallest absolute Gasteiger partial charge is 0.133 e. The van der Waals surface area contributed by atoms with Crippen molar-refractivity contribution in [1.29, 1.82) is 0 Å². The van der Waals surface area contributed by atoms with E-state index in [4.69, 9.17) is 0 Å². The van der Waals surface area contributed by atoms with Gasteiger partial charge < -0.3 is 10.2 Å². The van der Waals surface area contributed by atoms with Crippen LogP contribution >= 0.6 is 15.9 Å². The highest BCUT2D eigenvalue weighted by Gasteiger charge is 2.30. The lowest BCUT2D eigenvalue weighted by Gasteiger charge is -2.24. The maximum Gasteiger partial charge on any atom is 0.133 e. The van der Waals surface area contributed by atoms with Crippen molar-refractivity contribution in [1.82, 2.24) is 10.3 Å². The Bertz CT molecular complexity index is 377. The average molecular weight is 298 g/mol. The van der Waals surface area contributed by atoms with Crippen molar-refractivity contribution in [3.05, 3.63) is 22.3 Å². The van der Waals surface area contributed by atoms with E-state index >= 15 is 0 Å². The number of nitrogens with zero attached hydrogens (tertiary/aromatic N) is 2. The van der Waals surface area contributed by atoms with Crippen LogP contribution in [0.4, 0.5) is 5.82 Å². The largest absolute Gasteiger partial charge is 0.354 e. The van der Waals surface area contributed by atoms with Crippen molar-refractivity contribution in [2.45, 2.75) is 39.3 Å². The third-order valence-electron chi connectivity index (χ3n) is 3.08. The maximum absolute atomic E-state index is 4.60. The molecular formula is C13H20BrN3. The first-order valence-electron chi connectivity index (χ1n) is 6.38. The van der Waals surface area contributed by atoms with Crippen LogP contribution in [0.15, 0.2) is 16.7 Å². The predicted molar refractivity (Wildman–Crippen MR) is 75.4 cm³/mol. The summed E-state index contributed by atoms with van der Waals surface area (Å²) in [7, 11) is 0. The fraction of sp³-hybridized carbons (Fsp3) is 0.615. The Morgan fingerprint density at radius 2 is 2.24 bits per heavy atom. The molecule has 4 heteroatoms. The van der Waals surface area contributed by atoms with Gasteiger partial charge in [0.2, 0.25) is 0 Å². The molecular weight excluding hydrogens is 278 g/mol. The molecule has 0 radical (unpaired) electrons. The molecule has 1 aliphatic carbocycles. The van der Waals surface area contributed by atoms with E-state index < -0.39 is 0 Å². The zero-order valence-electron chi connectivity index (χ0n) is 10.5. The molecule has 2 rings (SSSR count). The molecule has 1 fully saturated rings. The highest BCUT2D eigenvalue weighted by atomic mass is 79.9. The Morgan fingerprint density at radius 3 is 2.82 bits per heavy atom. The zero-order chi connectivity index (χ0) is 12.3. The summed E-state index contributed by atoms with van der Waals surface area (Å²) in [6.45, 7) is 7.25. The summed E-state index contributed by atoms with van der Waals surface area (Å²) in [5.74, 6) is 1.15. The van der Waals surface area contributed by atoms with Gasteiger partial charge in [-0.25, -0.2) is 4.98 Å². The number of halogens is 1. The summed E-state index contributed by atoms with van der Waals surface area (Å²) in [6, 6.07) is 2.89. The van der Waals surface area contributed by atoms with Crippen molar-refractivity contribution in [2.24, 2.45) is 0 Å². The van der Waals surface area contributed by atoms with Crippen LogP contribution in [0, 0.1) is 0 Å². The molecule has 1 aromatic heterocycles. The van der Waals surface area contributed by atoms with Gasteiger partial charge in [-0.1, -0.05) is 6.92 Å². The van der Waals surface area contributed by atoms with Gasteiger partial charge >= 0.3 is 0 Å². The van der Waals surface area contributed by atoms with Crippen LogP contribution in [0.3, 0.4) is 0 Å². The van der Waals surface area contributed by atoms with Crippen LogP contribution in [0.5, 0.6) is 0 Å². The molecule has 1 aromatic rings. The van der Waals surface area contributed by atoms with Crippen LogP contribution in [-0.4, -0.2) is 24.1 Å². The molecule has 1 heterocycles. The molecule has 0 aromatic carbocycles. The van der Waals surface area contributed by atoms with E-state index in [1.165, 1.54) is 18.4 Å². The molecule has 0 spiro atoms. The van der Waals surface area contributed by atoms with Crippen molar-refractivity contribution in [2.75, 3.05) is 18.0 Å². The molecule has 0 bridgehead atoms. The van der Waals surface area contributed by atoms with Crippen molar-refractivity contribution >= 4 is 21.7 Å². The second-order valence-electron chi connectivity index (χ2n) is 4.43. The summed E-state index contributed by atoms with van der Waals surface area (Å²) in [5.41, 5.74) is 1.29. The topological polar surface area (TPSA) is 28.2 Å². The van der Waals surface area contributed by atoms with Gasteiger partial charge in [-0.05, 0) is 48.3 Å². The summed E-state index contributed by atoms with van der Waals surface area (Å²) >= 11 is 3.50. The SMILES string of the molecule is CCNCc1cc(Br)cnc1N(CC)C1CC1. The van der Waals surface area contributed by atoms with Gasteiger partial charge in [-0.15, -0.1) is 0 Å². The maximum atomic E-state index is 4.60. The lowest BCUT2D eigenvalue weighted by molar-refractivity contribution is 0.712. The van der Waals surface area contributed by atoms with Crippen molar-refractivity contribution in [3.8, 4) is 0 Å². The molecule has 1 N–H and O–H groups in total. The van der Waals surface area contributed by atoms with Crippen LogP contribution in [0.1, 0.15) is 32.3 Å². The van der Waals surface area contributed by atoms with E-state index in [2.05, 4.69) is 51.0 Å². The second-order valence-corrected chi connectivity index (χ2v) is 5.35. The van der Waals surface area contributed by atoms with Gasteiger partial charge in [0.25, 0.3) is 0 Å². The molecule has 0 saturated heterocycles. The minimum atomic E-state index is 0.717. The van der Waals surface area contributed by atoms with Gasteiger partial charge in [-0.2, -0.15) is 0 Å². The number of hydrogen-bond donors (Lipinski definition) is 1. The standard InChI is InChI=1S/C13H20BrN3/c1-3-15-8-10-7-11(14)9-16-13(10)17(4-2)12-5-6-12/h7,9,12,15H,3-6,8H2,1-2H3. The summed E-state index contributed by atoms with van der Waals surface area (Å²) in [6.07, 6.45) is 4.52. The molecule has 1 saturated carbocycles. The Kier molecular flexibility index (Phi) is 4.40. The highest BCUT2D eigenvalue weighted by Crippen LogP contribution is 2.32. The van der Waals surface area contributed by atoms with Crippen LogP contribution in [-0.2, 0) is 6.54 Å². The van der Waals surface area contributed by atoms with E-state index in [1.54, 1.807) is 0 Å². The van der Waals surface area contributed by atoms with Crippen molar-refractivity contribution < 1.29 is 0 Å². The monoisotopic (exact) mass is 297 g/mol. The first-order valence-corrected chi connectivity index (χ1v) is 7.17. The van der Waals surface area contributed by atoms with Gasteiger partial charge in [0.15, 0.2) is 0 Å². The van der Waals surface area contributed by atoms with Gasteiger partial charge in [-0.3, -0.25) is 0 Å². The molecule has 0 amide bonds. The Hall–Kier alpha value is -0.610. The second kappa shape index (κ2) is 5.83. The first-order chi connectivity index (χ1) is 8.26. The van der Waals surface area contributed by atoms with Gasteiger partial charge in [0.05, 0.1) is 0 Å². The molecule has 0 unspecified atom stereocenters. The molecule has 0 atom stereocenters. The summed E-state index contributed by atoms with van der Waals surface area (Å²) in [5, 5.41) is 3.38. The van der Waals surface area contributed by atoms with E-state index in [-0.39, 0.29) is 0 Å². The van der Waals surface area contributed by atoms with Crippen molar-refractivity contribution in [3.63, 3.8) is 0 Å². The fourth-order valence-electron chi connectivity index (χ4n) is 2.09. The lowest BCUT2D eigenvalue weighted by atomic mass is 10.2. The molecule has 3 nitrogen and oxygen atoms in total. The van der Waals surface area contributed by atoms with Crippen LogP contribution < -0.4 is 10.2 Å². The Balaban J connectivity index is 2.23. The van der Waals surface area contributed by atoms with E-state index in [0.29, 0.717) is 6.04 Å². The van der Waals surface area contributed by atoms with E-state index in [9.17, 15) is 0 Å². The minimum absolute atomic E-state index is 0.717. The number of hydrogen-bond acceptors (Lipinski definition) is 3. The number of anilines is 1. The molecule has 0 aliphatic heterocycles. The predicted octanol–water partition coefficient (Wildman–Crippen LogP) is 2.94.